The summed E-state index contributed by atoms with van der Waals surface area (Å²) in [7, 11) is -4.05. The molecule has 2 N–H and O–H groups in total. The van der Waals surface area contributed by atoms with Crippen LogP contribution in [0.3, 0.4) is 0 Å². The number of benzene rings is 3. The number of nitrogens with one attached hydrogen (secondary N) is 2. The van der Waals surface area contributed by atoms with Gasteiger partial charge in [0.05, 0.1) is 26.4 Å². The van der Waals surface area contributed by atoms with E-state index in [2.05, 4.69) is 28.8 Å². The third-order valence-electron chi connectivity index (χ3n) is 7.09. The summed E-state index contributed by atoms with van der Waals surface area (Å²) in [5.41, 5.74) is 3.34. The summed E-state index contributed by atoms with van der Waals surface area (Å²) >= 11 is 3.14. The predicted octanol–water partition coefficient (Wildman–Crippen LogP) is 6.98. The zero-order valence-corrected chi connectivity index (χ0v) is 24.8. The van der Waals surface area contributed by atoms with E-state index in [9.17, 15) is 17.6 Å². The van der Waals surface area contributed by atoms with Gasteiger partial charge in [0.15, 0.2) is 0 Å². The molecule has 6 rings (SSSR count). The molecule has 5 aromatic rings. The number of hydrogen-bond donors (Lipinski definition) is 2. The lowest BCUT2D eigenvalue weighted by Crippen LogP contribution is -2.35. The van der Waals surface area contributed by atoms with Crippen LogP contribution in [0.15, 0.2) is 77.7 Å². The van der Waals surface area contributed by atoms with E-state index in [1.165, 1.54) is 28.6 Å². The molecule has 2 aromatic heterocycles. The van der Waals surface area contributed by atoms with E-state index >= 15 is 0 Å². The fourth-order valence-electron chi connectivity index (χ4n) is 4.92. The minimum Gasteiger partial charge on any atom is -0.313 e. The molecular formula is C30H27FN4O3S3. The number of thiophene rings is 1. The lowest BCUT2D eigenvalue weighted by atomic mass is 10.0. The molecule has 1 aliphatic rings. The maximum Gasteiger partial charge on any atom is 0.261 e. The number of anilines is 2. The number of carbonyl (C=O) groups excluding carboxylic acids is 1. The predicted molar refractivity (Wildman–Crippen MR) is 164 cm³/mol. The van der Waals surface area contributed by atoms with Gasteiger partial charge in [0.1, 0.15) is 15.8 Å². The highest BCUT2D eigenvalue weighted by atomic mass is 32.2. The van der Waals surface area contributed by atoms with E-state index in [0.29, 0.717) is 11.0 Å². The summed E-state index contributed by atoms with van der Waals surface area (Å²) in [4.78, 5) is 22.1. The van der Waals surface area contributed by atoms with Crippen LogP contribution in [0.2, 0.25) is 0 Å². The number of sulfonamides is 1. The number of halogens is 1. The Kier molecular flexibility index (Phi) is 7.37. The van der Waals surface area contributed by atoms with Crippen molar-refractivity contribution in [3.8, 4) is 10.6 Å². The summed E-state index contributed by atoms with van der Waals surface area (Å²) < 4.78 is 43.0. The van der Waals surface area contributed by atoms with Gasteiger partial charge in [-0.2, -0.15) is 0 Å². The third kappa shape index (κ3) is 5.50. The quantitative estimate of drug-likeness (QED) is 0.209. The van der Waals surface area contributed by atoms with Crippen LogP contribution in [0, 0.1) is 5.82 Å². The average Bonchev–Trinajstić information content (AvgIpc) is 3.53. The van der Waals surface area contributed by atoms with Crippen LogP contribution in [0.4, 0.5) is 15.1 Å². The number of para-hydroxylation sites is 2. The number of hydrogen-bond acceptors (Lipinski definition) is 7. The van der Waals surface area contributed by atoms with Crippen LogP contribution in [-0.2, 0) is 23.0 Å². The van der Waals surface area contributed by atoms with Gasteiger partial charge in [0.25, 0.3) is 15.9 Å². The van der Waals surface area contributed by atoms with E-state index < -0.39 is 21.7 Å². The topological polar surface area (TPSA) is 91.4 Å². The van der Waals surface area contributed by atoms with Crippen molar-refractivity contribution in [2.24, 2.45) is 0 Å². The first-order valence-corrected chi connectivity index (χ1v) is 16.2. The van der Waals surface area contributed by atoms with Crippen molar-refractivity contribution < 1.29 is 17.6 Å². The van der Waals surface area contributed by atoms with E-state index in [-0.39, 0.29) is 16.1 Å². The summed E-state index contributed by atoms with van der Waals surface area (Å²) in [6.45, 7) is 6.07. The number of fused-ring (bicyclic) bond motifs is 2. The van der Waals surface area contributed by atoms with Crippen LogP contribution >= 0.6 is 22.7 Å². The van der Waals surface area contributed by atoms with Gasteiger partial charge in [-0.1, -0.05) is 24.3 Å². The molecule has 11 heteroatoms. The lowest BCUT2D eigenvalue weighted by molar-refractivity contribution is 0.102. The van der Waals surface area contributed by atoms with Gasteiger partial charge in [0.2, 0.25) is 0 Å². The van der Waals surface area contributed by atoms with Crippen molar-refractivity contribution in [1.82, 2.24) is 9.88 Å². The Balaban J connectivity index is 1.36. The molecule has 3 aromatic carbocycles. The number of amides is 1. The number of aromatic nitrogens is 1. The van der Waals surface area contributed by atoms with Crippen LogP contribution in [0.25, 0.3) is 20.8 Å². The molecule has 0 radical (unpaired) electrons. The van der Waals surface area contributed by atoms with E-state index in [1.54, 1.807) is 40.9 Å². The van der Waals surface area contributed by atoms with Crippen LogP contribution in [0.5, 0.6) is 0 Å². The van der Waals surface area contributed by atoms with Gasteiger partial charge < -0.3 is 5.32 Å². The second-order valence-corrected chi connectivity index (χ2v) is 13.9. The van der Waals surface area contributed by atoms with Gasteiger partial charge in [-0.05, 0) is 74.4 Å². The van der Waals surface area contributed by atoms with Crippen LogP contribution in [0.1, 0.15) is 34.6 Å². The molecule has 210 valence electrons. The molecule has 0 atom stereocenters. The molecule has 0 spiro atoms. The Morgan fingerprint density at radius 2 is 1.73 bits per heavy atom. The van der Waals surface area contributed by atoms with Gasteiger partial charge >= 0.3 is 0 Å². The van der Waals surface area contributed by atoms with Crippen molar-refractivity contribution in [2.75, 3.05) is 16.6 Å². The second kappa shape index (κ2) is 11.0. The molecule has 0 unspecified atom stereocenters. The molecule has 3 heterocycles. The SMILES string of the molecule is CC(C)N1CCc2c(sc(NC(=O)c3ccccc3NS(=O)(=O)c3ccc(F)cc3)c2-c2nc3ccccc3s2)C1. The fraction of sp³-hybridized carbons (Fsp3) is 0.200. The molecule has 0 saturated heterocycles. The lowest BCUT2D eigenvalue weighted by Gasteiger charge is -2.30. The van der Waals surface area contributed by atoms with Gasteiger partial charge in [-0.3, -0.25) is 14.4 Å². The largest absolute Gasteiger partial charge is 0.313 e. The van der Waals surface area contributed by atoms with Crippen molar-refractivity contribution in [3.63, 3.8) is 0 Å². The summed E-state index contributed by atoms with van der Waals surface area (Å²) in [6, 6.07) is 19.3. The Morgan fingerprint density at radius 1 is 1.00 bits per heavy atom. The van der Waals surface area contributed by atoms with Crippen molar-refractivity contribution in [2.45, 2.75) is 37.8 Å². The molecule has 0 bridgehead atoms. The van der Waals surface area contributed by atoms with Crippen molar-refractivity contribution >= 4 is 59.5 Å². The van der Waals surface area contributed by atoms with E-state index in [1.807, 2.05) is 24.3 Å². The smallest absolute Gasteiger partial charge is 0.261 e. The Labute approximate surface area is 245 Å². The maximum absolute atomic E-state index is 13.7. The minimum absolute atomic E-state index is 0.104. The Morgan fingerprint density at radius 3 is 2.49 bits per heavy atom. The standard InChI is InChI=1S/C30H27FN4O3S3/c1-18(2)35-16-15-22-26(17-35)40-30(27(22)29-32-24-9-5-6-10-25(24)39-29)33-28(36)21-7-3-4-8-23(21)34-41(37,38)20-13-11-19(31)12-14-20/h3-14,18,34H,15-17H2,1-2H3,(H,33,36). The molecule has 1 aliphatic heterocycles. The van der Waals surface area contributed by atoms with Crippen LogP contribution in [-0.4, -0.2) is 36.8 Å². The third-order valence-corrected chi connectivity index (χ3v) is 10.7. The zero-order chi connectivity index (χ0) is 28.7. The Bertz CT molecular complexity index is 1830. The second-order valence-electron chi connectivity index (χ2n) is 10.1. The molecule has 7 nitrogen and oxygen atoms in total. The number of nitrogens with zero attached hydrogens (tertiary/aromatic N) is 2. The Hall–Kier alpha value is -3.64. The summed E-state index contributed by atoms with van der Waals surface area (Å²) in [6.07, 6.45) is 0.846. The van der Waals surface area contributed by atoms with E-state index in [0.717, 1.165) is 52.4 Å². The van der Waals surface area contributed by atoms with Gasteiger partial charge in [-0.15, -0.1) is 22.7 Å². The van der Waals surface area contributed by atoms with Crippen molar-refractivity contribution in [3.05, 3.63) is 94.6 Å². The van der Waals surface area contributed by atoms with Gasteiger partial charge in [0, 0.05) is 29.6 Å². The average molecular weight is 607 g/mol. The zero-order valence-electron chi connectivity index (χ0n) is 22.3. The normalized spacial score (nSPS) is 13.9. The monoisotopic (exact) mass is 606 g/mol. The van der Waals surface area contributed by atoms with Gasteiger partial charge in [-0.25, -0.2) is 17.8 Å². The molecule has 41 heavy (non-hydrogen) atoms. The molecular weight excluding hydrogens is 580 g/mol. The number of rotatable bonds is 7. The first-order chi connectivity index (χ1) is 19.7. The summed E-state index contributed by atoms with van der Waals surface area (Å²) in [5.74, 6) is -0.980. The molecule has 1 amide bonds. The highest BCUT2D eigenvalue weighted by molar-refractivity contribution is 7.92. The first-order valence-electron chi connectivity index (χ1n) is 13.1. The fourth-order valence-corrected chi connectivity index (χ4v) is 8.37. The maximum atomic E-state index is 13.7. The first kappa shape index (κ1) is 27.5. The highest BCUT2D eigenvalue weighted by Crippen LogP contribution is 2.46. The number of thiazole rings is 1. The minimum atomic E-state index is -4.05. The summed E-state index contributed by atoms with van der Waals surface area (Å²) in [5, 5.41) is 4.63. The van der Waals surface area contributed by atoms with Crippen molar-refractivity contribution in [1.29, 1.82) is 0 Å². The number of carbonyl (C=O) groups is 1. The highest BCUT2D eigenvalue weighted by Gasteiger charge is 2.29. The molecule has 0 aliphatic carbocycles. The molecule has 0 saturated carbocycles. The van der Waals surface area contributed by atoms with E-state index in [4.69, 9.17) is 4.98 Å². The van der Waals surface area contributed by atoms with Crippen LogP contribution < -0.4 is 10.0 Å². The molecule has 0 fully saturated rings.